The zero-order valence-corrected chi connectivity index (χ0v) is 17.4. The van der Waals surface area contributed by atoms with Gasteiger partial charge in [0, 0.05) is 32.7 Å². The number of nitrogens with zero attached hydrogens (tertiary/aromatic N) is 1. The number of piperidine rings is 1. The van der Waals surface area contributed by atoms with Gasteiger partial charge in [0.1, 0.15) is 6.10 Å². The molecule has 166 valence electrons. The van der Waals surface area contributed by atoms with Gasteiger partial charge in [0.25, 0.3) is 0 Å². The Kier molecular flexibility index (Phi) is 6.53. The van der Waals surface area contributed by atoms with E-state index >= 15 is 0 Å². The highest BCUT2D eigenvalue weighted by Gasteiger charge is 2.37. The van der Waals surface area contributed by atoms with Crippen LogP contribution in [0.4, 0.5) is 13.2 Å². The molecule has 1 aliphatic heterocycles. The molecule has 1 aliphatic carbocycles. The van der Waals surface area contributed by atoms with E-state index in [0.717, 1.165) is 44.6 Å². The molecule has 0 N–H and O–H groups in total. The molecule has 0 unspecified atom stereocenters. The van der Waals surface area contributed by atoms with Crippen LogP contribution in [0.15, 0.2) is 60.2 Å². The van der Waals surface area contributed by atoms with Gasteiger partial charge in [-0.1, -0.05) is 36.4 Å². The second-order valence-electron chi connectivity index (χ2n) is 8.02. The number of rotatable bonds is 7. The van der Waals surface area contributed by atoms with Crippen LogP contribution < -0.4 is 9.47 Å². The van der Waals surface area contributed by atoms with Crippen LogP contribution in [0.1, 0.15) is 24.0 Å². The van der Waals surface area contributed by atoms with E-state index in [4.69, 9.17) is 14.2 Å². The molecular weight excluding hydrogens is 407 g/mol. The van der Waals surface area contributed by atoms with Crippen molar-refractivity contribution in [1.29, 1.82) is 0 Å². The van der Waals surface area contributed by atoms with Crippen molar-refractivity contribution < 1.29 is 27.4 Å². The minimum absolute atomic E-state index is 0.0436. The fourth-order valence-electron chi connectivity index (χ4n) is 4.34. The number of likely N-dealkylation sites (tertiary alicyclic amines) is 1. The van der Waals surface area contributed by atoms with E-state index in [0.29, 0.717) is 5.75 Å². The van der Waals surface area contributed by atoms with Gasteiger partial charge in [-0.3, -0.25) is 4.90 Å². The summed E-state index contributed by atoms with van der Waals surface area (Å²) in [5, 5.41) is 0. The van der Waals surface area contributed by atoms with Gasteiger partial charge in [0.05, 0.1) is 5.56 Å². The average molecular weight is 433 g/mol. The third-order valence-corrected chi connectivity index (χ3v) is 5.74. The Morgan fingerprint density at radius 3 is 2.58 bits per heavy atom. The Balaban J connectivity index is 1.51. The van der Waals surface area contributed by atoms with E-state index in [1.807, 2.05) is 18.2 Å². The second kappa shape index (κ2) is 9.32. The smallest absolute Gasteiger partial charge is 0.416 e. The molecule has 2 aliphatic rings. The first kappa shape index (κ1) is 21.7. The molecule has 2 aromatic rings. The van der Waals surface area contributed by atoms with Crippen LogP contribution >= 0.6 is 0 Å². The Bertz CT molecular complexity index is 914. The Labute approximate surface area is 180 Å². The topological polar surface area (TPSA) is 30.9 Å². The molecule has 0 saturated carbocycles. The molecule has 1 saturated heterocycles. The minimum Gasteiger partial charge on any atom is -0.482 e. The van der Waals surface area contributed by atoms with Crippen molar-refractivity contribution in [2.24, 2.45) is 5.92 Å². The summed E-state index contributed by atoms with van der Waals surface area (Å²) in [4.78, 5) is 2.40. The number of methoxy groups -OCH3 is 1. The molecule has 2 atom stereocenters. The lowest BCUT2D eigenvalue weighted by molar-refractivity contribution is -0.137. The maximum atomic E-state index is 13.1. The van der Waals surface area contributed by atoms with Crippen LogP contribution in [-0.4, -0.2) is 38.0 Å². The quantitative estimate of drug-likeness (QED) is 0.439. The summed E-state index contributed by atoms with van der Waals surface area (Å²) in [7, 11) is 1.42. The van der Waals surface area contributed by atoms with Crippen LogP contribution in [0.5, 0.6) is 11.5 Å². The molecule has 7 heteroatoms. The number of hydrogen-bond acceptors (Lipinski definition) is 4. The predicted molar refractivity (Wildman–Crippen MR) is 111 cm³/mol. The van der Waals surface area contributed by atoms with Gasteiger partial charge in [0.15, 0.2) is 18.3 Å². The Hall–Kier alpha value is -2.51. The number of alkyl halides is 3. The third kappa shape index (κ3) is 5.22. The largest absolute Gasteiger partial charge is 0.482 e. The van der Waals surface area contributed by atoms with Crippen LogP contribution in [-0.2, 0) is 17.5 Å². The summed E-state index contributed by atoms with van der Waals surface area (Å²) < 4.78 is 56.0. The highest BCUT2D eigenvalue weighted by molar-refractivity contribution is 5.44. The minimum atomic E-state index is -4.45. The number of hydrogen-bond donors (Lipinski definition) is 0. The maximum Gasteiger partial charge on any atom is 0.416 e. The van der Waals surface area contributed by atoms with Crippen molar-refractivity contribution >= 4 is 0 Å². The molecule has 31 heavy (non-hydrogen) atoms. The first-order valence-corrected chi connectivity index (χ1v) is 10.4. The molecule has 1 heterocycles. The van der Waals surface area contributed by atoms with Crippen LogP contribution in [0.2, 0.25) is 0 Å². The van der Waals surface area contributed by atoms with Crippen LogP contribution in [0, 0.1) is 5.92 Å². The summed E-state index contributed by atoms with van der Waals surface area (Å²) >= 11 is 0. The Morgan fingerprint density at radius 2 is 1.87 bits per heavy atom. The number of allylic oxidation sites excluding steroid dienone is 1. The van der Waals surface area contributed by atoms with Crippen molar-refractivity contribution in [2.45, 2.75) is 31.7 Å². The first-order valence-electron chi connectivity index (χ1n) is 10.4. The Morgan fingerprint density at radius 1 is 1.06 bits per heavy atom. The summed E-state index contributed by atoms with van der Waals surface area (Å²) in [6.45, 7) is 2.37. The lowest BCUT2D eigenvalue weighted by Crippen LogP contribution is -2.48. The predicted octanol–water partition coefficient (Wildman–Crippen LogP) is 5.29. The van der Waals surface area contributed by atoms with Crippen molar-refractivity contribution in [3.05, 3.63) is 71.3 Å². The SMILES string of the molecule is COCOc1cc(C(F)(F)F)ccc1O[C@@H]1C2=CCC[C@H]1CN(Cc1ccccc1)C2. The van der Waals surface area contributed by atoms with Gasteiger partial charge in [0.2, 0.25) is 0 Å². The molecule has 4 nitrogen and oxygen atoms in total. The monoisotopic (exact) mass is 433 g/mol. The summed E-state index contributed by atoms with van der Waals surface area (Å²) in [5.74, 6) is 0.626. The number of benzene rings is 2. The molecule has 1 fully saturated rings. The normalized spacial score (nSPS) is 21.5. The van der Waals surface area contributed by atoms with Crippen molar-refractivity contribution in [3.63, 3.8) is 0 Å². The molecule has 2 bridgehead atoms. The number of ether oxygens (including phenoxy) is 3. The molecule has 0 radical (unpaired) electrons. The lowest BCUT2D eigenvalue weighted by atomic mass is 9.81. The van der Waals surface area contributed by atoms with Gasteiger partial charge in [-0.25, -0.2) is 0 Å². The second-order valence-corrected chi connectivity index (χ2v) is 8.02. The standard InChI is InChI=1S/C24H26F3NO3/c1-29-16-30-22-12-20(24(25,26)27)10-11-21(22)31-23-18-8-5-9-19(23)15-28(14-18)13-17-6-3-2-4-7-17/h2-4,6-8,10-12,19,23H,5,9,13-16H2,1H3/t19-,23+/m0/s1. The number of halogens is 3. The van der Waals surface area contributed by atoms with Gasteiger partial charge in [-0.15, -0.1) is 0 Å². The first-order chi connectivity index (χ1) is 14.9. The van der Waals surface area contributed by atoms with E-state index in [9.17, 15) is 13.2 Å². The average Bonchev–Trinajstić information content (AvgIpc) is 2.73. The molecule has 0 amide bonds. The van der Waals surface area contributed by atoms with Gasteiger partial charge < -0.3 is 14.2 Å². The number of fused-ring (bicyclic) bond motifs is 2. The van der Waals surface area contributed by atoms with Crippen molar-refractivity contribution in [1.82, 2.24) is 4.90 Å². The summed E-state index contributed by atoms with van der Waals surface area (Å²) in [6.07, 6.45) is -0.431. The summed E-state index contributed by atoms with van der Waals surface area (Å²) in [5.41, 5.74) is 1.66. The van der Waals surface area contributed by atoms with E-state index in [1.165, 1.54) is 24.3 Å². The van der Waals surface area contributed by atoms with E-state index in [-0.39, 0.29) is 24.6 Å². The molecular formula is C24H26F3NO3. The zero-order valence-electron chi connectivity index (χ0n) is 17.4. The molecule has 0 aromatic heterocycles. The highest BCUT2D eigenvalue weighted by atomic mass is 19.4. The summed E-state index contributed by atoms with van der Waals surface area (Å²) in [6, 6.07) is 13.7. The van der Waals surface area contributed by atoms with Gasteiger partial charge in [-0.2, -0.15) is 13.2 Å². The molecule has 4 rings (SSSR count). The van der Waals surface area contributed by atoms with Gasteiger partial charge >= 0.3 is 6.18 Å². The third-order valence-electron chi connectivity index (χ3n) is 5.74. The lowest BCUT2D eigenvalue weighted by Gasteiger charge is -2.43. The van der Waals surface area contributed by atoms with E-state index in [1.54, 1.807) is 0 Å². The fraction of sp³-hybridized carbons (Fsp3) is 0.417. The highest BCUT2D eigenvalue weighted by Crippen LogP contribution is 2.40. The van der Waals surface area contributed by atoms with Crippen LogP contribution in [0.25, 0.3) is 0 Å². The fourth-order valence-corrected chi connectivity index (χ4v) is 4.34. The van der Waals surface area contributed by atoms with Crippen molar-refractivity contribution in [3.8, 4) is 11.5 Å². The molecule has 0 spiro atoms. The van der Waals surface area contributed by atoms with Crippen molar-refractivity contribution in [2.75, 3.05) is 27.0 Å². The zero-order chi connectivity index (χ0) is 21.8. The van der Waals surface area contributed by atoms with Gasteiger partial charge in [-0.05, 0) is 42.2 Å². The molecule has 2 aromatic carbocycles. The van der Waals surface area contributed by atoms with E-state index in [2.05, 4.69) is 23.1 Å². The van der Waals surface area contributed by atoms with E-state index < -0.39 is 11.7 Å². The van der Waals surface area contributed by atoms with Crippen LogP contribution in [0.3, 0.4) is 0 Å². The maximum absolute atomic E-state index is 13.1.